The zero-order valence-corrected chi connectivity index (χ0v) is 43.5. The van der Waals surface area contributed by atoms with Crippen molar-refractivity contribution >= 4 is 53.2 Å². The summed E-state index contributed by atoms with van der Waals surface area (Å²) in [7, 11) is 6.00. The number of para-hydroxylation sites is 2. The average Bonchev–Trinajstić information content (AvgIpc) is 3.18. The maximum Gasteiger partial charge on any atom is -0.0146 e. The predicted octanol–water partition coefficient (Wildman–Crippen LogP) is 18.8. The fourth-order valence-corrected chi connectivity index (χ4v) is 11.2. The van der Waals surface area contributed by atoms with E-state index in [1.807, 2.05) is 12.1 Å². The van der Waals surface area contributed by atoms with Crippen LogP contribution in [0.4, 0.5) is 23.0 Å². The van der Waals surface area contributed by atoms with Crippen LogP contribution in [0.2, 0.25) is 0 Å². The number of nitrogens with zero attached hydrogens (tertiary/aromatic N) is 4. The zero-order valence-electron chi connectivity index (χ0n) is 37.2. The summed E-state index contributed by atoms with van der Waals surface area (Å²) in [5.74, 6) is 3.22. The molecule has 0 aliphatic carbocycles. The van der Waals surface area contributed by atoms with E-state index in [2.05, 4.69) is 207 Å². The van der Waals surface area contributed by atoms with Gasteiger partial charge in [-0.3, -0.25) is 0 Å². The second kappa shape index (κ2) is 24.6. The maximum absolute atomic E-state index is 5.02. The third-order valence-electron chi connectivity index (χ3n) is 10.3. The summed E-state index contributed by atoms with van der Waals surface area (Å²) in [5.41, 5.74) is 16.6. The molecule has 7 aromatic rings. The molecule has 0 bridgehead atoms. The Bertz CT molecular complexity index is 2180. The van der Waals surface area contributed by atoms with E-state index in [4.69, 9.17) is 20.6 Å². The van der Waals surface area contributed by atoms with Crippen LogP contribution in [0, 0.1) is 27.7 Å². The van der Waals surface area contributed by atoms with Crippen molar-refractivity contribution in [3.63, 3.8) is 0 Å². The Kier molecular flexibility index (Phi) is 20.4. The molecule has 60 heavy (non-hydrogen) atoms. The number of rotatable bonds is 10. The monoisotopic (exact) mass is 944 g/mol. The molecular weight excluding hydrogens is 884 g/mol. The molecule has 0 aliphatic heterocycles. The molecule has 0 radical (unpaired) electrons. The molecule has 3 aromatic heterocycles. The van der Waals surface area contributed by atoms with Crippen LogP contribution in [0.25, 0.3) is 33.1 Å². The van der Waals surface area contributed by atoms with Crippen LogP contribution < -0.4 is 0 Å². The van der Waals surface area contributed by atoms with Crippen LogP contribution in [0.5, 0.6) is 0 Å². The molecule has 0 saturated heterocycles. The van der Waals surface area contributed by atoms with Gasteiger partial charge in [0.1, 0.15) is 0 Å². The minimum absolute atomic E-state index is 0.421. The first-order valence-electron chi connectivity index (χ1n) is 20.6. The van der Waals surface area contributed by atoms with E-state index in [0.29, 0.717) is 23.7 Å². The smallest absolute Gasteiger partial charge is 0.0146 e. The van der Waals surface area contributed by atoms with Gasteiger partial charge in [-0.2, -0.15) is 0 Å². The molecular formula is C50H60Cr2N4P4-2. The predicted molar refractivity (Wildman–Crippen MR) is 263 cm³/mol. The van der Waals surface area contributed by atoms with Crippen LogP contribution in [0.15, 0.2) is 109 Å². The third kappa shape index (κ3) is 13.5. The Hall–Kier alpha value is -2.96. The number of pyridine rings is 2. The minimum Gasteiger partial charge on any atom is -0.0835 e. The van der Waals surface area contributed by atoms with Crippen LogP contribution in [-0.4, -0.2) is 9.97 Å². The van der Waals surface area contributed by atoms with Gasteiger partial charge in [0.25, 0.3) is 0 Å². The van der Waals surface area contributed by atoms with Crippen LogP contribution in [-0.2, 0) is 27.2 Å². The maximum atomic E-state index is 5.02. The topological polar surface area (TPSA) is 54.0 Å². The van der Waals surface area contributed by atoms with E-state index in [1.54, 1.807) is 15.1 Å². The number of aromatic nitrogens is 2. The van der Waals surface area contributed by atoms with Gasteiger partial charge >= 0.3 is 27.2 Å². The van der Waals surface area contributed by atoms with Crippen LogP contribution >= 0.6 is 30.2 Å². The van der Waals surface area contributed by atoms with E-state index in [0.717, 1.165) is 34.4 Å². The average molecular weight is 945 g/mol. The van der Waals surface area contributed by atoms with Gasteiger partial charge in [0.15, 0.2) is 0 Å². The summed E-state index contributed by atoms with van der Waals surface area (Å²) in [5, 5.41) is 10.0. The number of hydrogen-bond acceptors (Lipinski definition) is 2. The molecule has 2 unspecified atom stereocenters. The van der Waals surface area contributed by atoms with Crippen LogP contribution in [0.3, 0.4) is 0 Å². The molecule has 314 valence electrons. The van der Waals surface area contributed by atoms with E-state index in [1.165, 1.54) is 70.7 Å². The first-order valence-corrected chi connectivity index (χ1v) is 30.4. The van der Waals surface area contributed by atoms with Gasteiger partial charge in [-0.05, 0) is 145 Å². The fourth-order valence-electron chi connectivity index (χ4n) is 7.25. The molecule has 4 aromatic carbocycles. The van der Waals surface area contributed by atoms with Gasteiger partial charge in [-0.25, -0.2) is 0 Å². The summed E-state index contributed by atoms with van der Waals surface area (Å²) < 4.78 is 0. The summed E-state index contributed by atoms with van der Waals surface area (Å²) in [6, 6.07) is 38.0. The molecule has 10 heteroatoms. The molecule has 0 N–H and O–H groups in total. The molecule has 0 amide bonds. The van der Waals surface area contributed by atoms with Crippen LogP contribution in [0.1, 0.15) is 124 Å². The number of aryl methyl sites for hydroxylation is 4. The van der Waals surface area contributed by atoms with E-state index in [-0.39, 0.29) is 0 Å². The van der Waals surface area contributed by atoms with Crippen molar-refractivity contribution in [1.82, 2.24) is 9.97 Å². The second-order valence-corrected chi connectivity index (χ2v) is 27.1. The second-order valence-electron chi connectivity index (χ2n) is 16.1. The van der Waals surface area contributed by atoms with Gasteiger partial charge in [0.05, 0.1) is 0 Å². The van der Waals surface area contributed by atoms with Gasteiger partial charge < -0.3 is 20.6 Å². The summed E-state index contributed by atoms with van der Waals surface area (Å²) in [6.07, 6.45) is 0. The standard InChI is InChI=1S/2C25H29N2.2Cr.H2P4/c2*1-16(2)20-12-8-13-21(17(3)4)25(20)27-23-15-9-14-22(26-23)24-18(5)10-7-11-19(24)6;;;1-2-4-3-1/h2*7-17H,1-6H3;;;1-2H/q2*-1;;;. The molecule has 0 spiro atoms. The van der Waals surface area contributed by atoms with Crippen molar-refractivity contribution in [1.29, 1.82) is 0 Å². The molecule has 0 aliphatic rings. The normalized spacial score (nSPS) is 11.2. The Morgan fingerprint density at radius 3 is 0.917 bits per heavy atom. The Balaban J connectivity index is 0.000000233. The van der Waals surface area contributed by atoms with Crippen molar-refractivity contribution < 1.29 is 27.2 Å². The number of hydrogen-bond donors (Lipinski definition) is 0. The van der Waals surface area contributed by atoms with Gasteiger partial charge in [-0.1, -0.05) is 191 Å². The van der Waals surface area contributed by atoms with E-state index < -0.39 is 0 Å². The Labute approximate surface area is 381 Å². The van der Waals surface area contributed by atoms with Gasteiger partial charge in [0.2, 0.25) is 0 Å². The molecule has 0 saturated carbocycles. The van der Waals surface area contributed by atoms with E-state index >= 15 is 0 Å². The SMILES string of the molecule is Cc1cccc(C)c1-c1cccc([N-]c2c(C(C)C)cccc2C(C)C)n1.Cc1cccc(C)c1-c1cccc([N-]c2c(C(C)C)cccc2C(C)C)n1.[Cr]#[Cr].p1p[pH][pH]1. The minimum atomic E-state index is 0.421. The summed E-state index contributed by atoms with van der Waals surface area (Å²) >= 11 is 5.00. The van der Waals surface area contributed by atoms with Gasteiger partial charge in [0, 0.05) is 0 Å². The van der Waals surface area contributed by atoms with Crippen molar-refractivity contribution in [2.75, 3.05) is 0 Å². The van der Waals surface area contributed by atoms with E-state index in [9.17, 15) is 0 Å². The molecule has 7 rings (SSSR count). The van der Waals surface area contributed by atoms with Crippen molar-refractivity contribution in [2.24, 2.45) is 0 Å². The first-order chi connectivity index (χ1) is 28.8. The van der Waals surface area contributed by atoms with Crippen molar-refractivity contribution in [3.05, 3.63) is 164 Å². The van der Waals surface area contributed by atoms with Gasteiger partial charge in [-0.15, -0.1) is 0 Å². The molecule has 4 nitrogen and oxygen atoms in total. The largest absolute Gasteiger partial charge is 0.0835 e. The first kappa shape index (κ1) is 49.7. The van der Waals surface area contributed by atoms with Crippen molar-refractivity contribution in [2.45, 2.75) is 107 Å². The quantitative estimate of drug-likeness (QED) is 0.137. The summed E-state index contributed by atoms with van der Waals surface area (Å²) in [6.45, 7) is 26.3. The fraction of sp³-hybridized carbons (Fsp3) is 0.320. The zero-order chi connectivity index (χ0) is 43.9. The Morgan fingerprint density at radius 2 is 0.667 bits per heavy atom. The number of benzene rings is 4. The third-order valence-corrected chi connectivity index (χ3v) is 26.3. The Morgan fingerprint density at radius 1 is 0.417 bits per heavy atom. The molecule has 0 fully saturated rings. The molecule has 2 atom stereocenters. The summed E-state index contributed by atoms with van der Waals surface area (Å²) in [4.78, 5) is 9.79. The van der Waals surface area contributed by atoms with Crippen molar-refractivity contribution in [3.8, 4) is 22.5 Å². The molecule has 3 heterocycles.